The zero-order valence-electron chi connectivity index (χ0n) is 8.83. The van der Waals surface area contributed by atoms with Crippen LogP contribution in [0.1, 0.15) is 27.2 Å². The third-order valence-corrected chi connectivity index (χ3v) is 3.41. The SMILES string of the molecule is CCCNC(=O)CNS(=O)(=O)C(C)C. The van der Waals surface area contributed by atoms with Crippen molar-refractivity contribution in [1.82, 2.24) is 10.0 Å². The number of rotatable bonds is 6. The molecule has 0 radical (unpaired) electrons. The summed E-state index contributed by atoms with van der Waals surface area (Å²) in [5.41, 5.74) is 0. The van der Waals surface area contributed by atoms with E-state index in [4.69, 9.17) is 0 Å². The number of hydrogen-bond acceptors (Lipinski definition) is 3. The van der Waals surface area contributed by atoms with Crippen LogP contribution in [-0.4, -0.2) is 32.7 Å². The van der Waals surface area contributed by atoms with Crippen molar-refractivity contribution in [1.29, 1.82) is 0 Å². The number of carbonyl (C=O) groups excluding carboxylic acids is 1. The van der Waals surface area contributed by atoms with Crippen LogP contribution in [0.2, 0.25) is 0 Å². The van der Waals surface area contributed by atoms with Crippen LogP contribution in [0, 0.1) is 0 Å². The molecular weight excluding hydrogens is 204 g/mol. The van der Waals surface area contributed by atoms with E-state index in [-0.39, 0.29) is 12.5 Å². The smallest absolute Gasteiger partial charge is 0.235 e. The highest BCUT2D eigenvalue weighted by molar-refractivity contribution is 7.90. The molecule has 1 amide bonds. The van der Waals surface area contributed by atoms with Crippen molar-refractivity contribution in [3.8, 4) is 0 Å². The third-order valence-electron chi connectivity index (χ3n) is 1.63. The first-order valence-electron chi connectivity index (χ1n) is 4.65. The summed E-state index contributed by atoms with van der Waals surface area (Å²) in [6.45, 7) is 5.44. The van der Waals surface area contributed by atoms with Crippen LogP contribution in [0.3, 0.4) is 0 Å². The van der Waals surface area contributed by atoms with Crippen LogP contribution in [0.5, 0.6) is 0 Å². The van der Waals surface area contributed by atoms with Gasteiger partial charge in [0.05, 0.1) is 11.8 Å². The number of nitrogens with one attached hydrogen (secondary N) is 2. The highest BCUT2D eigenvalue weighted by atomic mass is 32.2. The number of hydrogen-bond donors (Lipinski definition) is 2. The summed E-state index contributed by atoms with van der Waals surface area (Å²) in [4.78, 5) is 11.0. The van der Waals surface area contributed by atoms with Crippen LogP contribution in [0.25, 0.3) is 0 Å². The molecule has 5 nitrogen and oxygen atoms in total. The molecule has 0 aliphatic carbocycles. The molecule has 0 spiro atoms. The van der Waals surface area contributed by atoms with Crippen molar-refractivity contribution in [3.63, 3.8) is 0 Å². The lowest BCUT2D eigenvalue weighted by Gasteiger charge is -2.09. The summed E-state index contributed by atoms with van der Waals surface area (Å²) < 4.78 is 24.7. The molecule has 0 aromatic carbocycles. The minimum Gasteiger partial charge on any atom is -0.355 e. The van der Waals surface area contributed by atoms with Crippen molar-refractivity contribution in [3.05, 3.63) is 0 Å². The first kappa shape index (κ1) is 13.4. The Morgan fingerprint density at radius 1 is 1.36 bits per heavy atom. The molecule has 0 aromatic rings. The predicted octanol–water partition coefficient (Wildman–Crippen LogP) is -0.160. The fourth-order valence-corrected chi connectivity index (χ4v) is 1.33. The molecule has 14 heavy (non-hydrogen) atoms. The second kappa shape index (κ2) is 5.98. The van der Waals surface area contributed by atoms with Gasteiger partial charge >= 0.3 is 0 Å². The molecule has 0 aromatic heterocycles. The molecular formula is C8H18N2O3S. The van der Waals surface area contributed by atoms with Gasteiger partial charge in [0.1, 0.15) is 0 Å². The lowest BCUT2D eigenvalue weighted by Crippen LogP contribution is -2.39. The maximum absolute atomic E-state index is 11.2. The van der Waals surface area contributed by atoms with Gasteiger partial charge in [-0.3, -0.25) is 4.79 Å². The van der Waals surface area contributed by atoms with E-state index in [1.807, 2.05) is 6.92 Å². The van der Waals surface area contributed by atoms with Gasteiger partial charge in [-0.15, -0.1) is 0 Å². The van der Waals surface area contributed by atoms with Crippen molar-refractivity contribution < 1.29 is 13.2 Å². The Balaban J connectivity index is 3.89. The average molecular weight is 222 g/mol. The van der Waals surface area contributed by atoms with E-state index in [9.17, 15) is 13.2 Å². The molecule has 2 N–H and O–H groups in total. The summed E-state index contributed by atoms with van der Waals surface area (Å²) in [5, 5.41) is 2.07. The fourth-order valence-electron chi connectivity index (χ4n) is 0.660. The van der Waals surface area contributed by atoms with Crippen LogP contribution in [-0.2, 0) is 14.8 Å². The Morgan fingerprint density at radius 3 is 2.36 bits per heavy atom. The Labute approximate surface area is 85.3 Å². The van der Waals surface area contributed by atoms with Crippen LogP contribution in [0.4, 0.5) is 0 Å². The molecule has 0 aliphatic heterocycles. The molecule has 0 atom stereocenters. The summed E-state index contributed by atoms with van der Waals surface area (Å²) in [5.74, 6) is -0.295. The molecule has 0 unspecified atom stereocenters. The van der Waals surface area contributed by atoms with Gasteiger partial charge in [-0.2, -0.15) is 0 Å². The Morgan fingerprint density at radius 2 is 1.93 bits per heavy atom. The lowest BCUT2D eigenvalue weighted by molar-refractivity contribution is -0.119. The van der Waals surface area contributed by atoms with E-state index in [2.05, 4.69) is 10.0 Å². The Kier molecular flexibility index (Phi) is 5.71. The molecule has 0 fully saturated rings. The molecule has 0 rings (SSSR count). The van der Waals surface area contributed by atoms with Crippen LogP contribution < -0.4 is 10.0 Å². The second-order valence-corrected chi connectivity index (χ2v) is 5.59. The van der Waals surface area contributed by atoms with Gasteiger partial charge in [0.15, 0.2) is 0 Å². The van der Waals surface area contributed by atoms with E-state index in [1.54, 1.807) is 13.8 Å². The van der Waals surface area contributed by atoms with Gasteiger partial charge < -0.3 is 5.32 Å². The topological polar surface area (TPSA) is 75.3 Å². The zero-order valence-corrected chi connectivity index (χ0v) is 9.65. The van der Waals surface area contributed by atoms with Gasteiger partial charge in [0.25, 0.3) is 0 Å². The summed E-state index contributed by atoms with van der Waals surface area (Å²) in [7, 11) is -3.33. The minimum atomic E-state index is -3.33. The molecule has 0 heterocycles. The van der Waals surface area contributed by atoms with Crippen LogP contribution in [0.15, 0.2) is 0 Å². The number of carbonyl (C=O) groups is 1. The Hall–Kier alpha value is -0.620. The highest BCUT2D eigenvalue weighted by Gasteiger charge is 2.16. The van der Waals surface area contributed by atoms with Crippen molar-refractivity contribution in [2.24, 2.45) is 0 Å². The standard InChI is InChI=1S/C8H18N2O3S/c1-4-5-9-8(11)6-10-14(12,13)7(2)3/h7,10H,4-6H2,1-3H3,(H,9,11). The predicted molar refractivity (Wildman–Crippen MR) is 55.4 cm³/mol. The minimum absolute atomic E-state index is 0.180. The van der Waals surface area contributed by atoms with E-state index in [1.165, 1.54) is 0 Å². The average Bonchev–Trinajstić information content (AvgIpc) is 2.11. The largest absolute Gasteiger partial charge is 0.355 e. The van der Waals surface area contributed by atoms with Crippen LogP contribution >= 0.6 is 0 Å². The summed E-state index contributed by atoms with van der Waals surface area (Å²) in [6.07, 6.45) is 0.836. The normalized spacial score (nSPS) is 11.7. The van der Waals surface area contributed by atoms with E-state index in [0.717, 1.165) is 6.42 Å². The van der Waals surface area contributed by atoms with Gasteiger partial charge in [0, 0.05) is 6.54 Å². The molecule has 0 saturated heterocycles. The molecule has 0 aliphatic rings. The third kappa shape index (κ3) is 5.18. The molecule has 0 bridgehead atoms. The monoisotopic (exact) mass is 222 g/mol. The molecule has 6 heteroatoms. The molecule has 0 saturated carbocycles. The van der Waals surface area contributed by atoms with Crippen molar-refractivity contribution in [2.45, 2.75) is 32.4 Å². The summed E-state index contributed by atoms with van der Waals surface area (Å²) in [6, 6.07) is 0. The lowest BCUT2D eigenvalue weighted by atomic mass is 10.5. The van der Waals surface area contributed by atoms with Crippen molar-refractivity contribution in [2.75, 3.05) is 13.1 Å². The first-order chi connectivity index (χ1) is 6.40. The first-order valence-corrected chi connectivity index (χ1v) is 6.20. The van der Waals surface area contributed by atoms with Crippen molar-refractivity contribution >= 4 is 15.9 Å². The van der Waals surface area contributed by atoms with Gasteiger partial charge in [-0.05, 0) is 20.3 Å². The Bertz CT molecular complexity index is 272. The zero-order chi connectivity index (χ0) is 11.2. The van der Waals surface area contributed by atoms with Gasteiger partial charge in [0.2, 0.25) is 15.9 Å². The highest BCUT2D eigenvalue weighted by Crippen LogP contribution is 1.94. The number of amides is 1. The van der Waals surface area contributed by atoms with Gasteiger partial charge in [-0.25, -0.2) is 13.1 Å². The fraction of sp³-hybridized carbons (Fsp3) is 0.875. The van der Waals surface area contributed by atoms with E-state index >= 15 is 0 Å². The maximum atomic E-state index is 11.2. The van der Waals surface area contributed by atoms with Gasteiger partial charge in [-0.1, -0.05) is 6.92 Å². The number of sulfonamides is 1. The van der Waals surface area contributed by atoms with E-state index in [0.29, 0.717) is 6.54 Å². The van der Waals surface area contributed by atoms with E-state index < -0.39 is 15.3 Å². The molecule has 84 valence electrons. The summed E-state index contributed by atoms with van der Waals surface area (Å²) >= 11 is 0. The maximum Gasteiger partial charge on any atom is 0.235 e. The second-order valence-electron chi connectivity index (χ2n) is 3.26. The quantitative estimate of drug-likeness (QED) is 0.655.